The number of benzene rings is 1. The van der Waals surface area contributed by atoms with Gasteiger partial charge in [0, 0.05) is 18.3 Å². The number of nitrogens with two attached hydrogens (primary N) is 2. The van der Waals surface area contributed by atoms with E-state index in [9.17, 15) is 4.79 Å². The Bertz CT molecular complexity index is 390. The highest BCUT2D eigenvalue weighted by Gasteiger charge is 2.11. The summed E-state index contributed by atoms with van der Waals surface area (Å²) < 4.78 is 0. The number of hydrogen-bond acceptors (Lipinski definition) is 3. The zero-order valence-electron chi connectivity index (χ0n) is 10.5. The van der Waals surface area contributed by atoms with Crippen LogP contribution in [-0.2, 0) is 0 Å². The third-order valence-corrected chi connectivity index (χ3v) is 2.72. The first kappa shape index (κ1) is 13.5. The maximum Gasteiger partial charge on any atom is 0.250 e. The van der Waals surface area contributed by atoms with Crippen LogP contribution in [0, 0.1) is 6.92 Å². The Labute approximate surface area is 102 Å². The average molecular weight is 235 g/mol. The van der Waals surface area contributed by atoms with Crippen LogP contribution in [0.5, 0.6) is 0 Å². The number of nitrogens with one attached hydrogen (secondary N) is 1. The SMILES string of the molecule is CCCC(CN)Nc1cc(C)ccc1C(N)=O. The highest BCUT2D eigenvalue weighted by atomic mass is 16.1. The maximum atomic E-state index is 11.3. The Morgan fingerprint density at radius 1 is 1.47 bits per heavy atom. The summed E-state index contributed by atoms with van der Waals surface area (Å²) in [5, 5.41) is 3.29. The lowest BCUT2D eigenvalue weighted by atomic mass is 10.1. The van der Waals surface area contributed by atoms with Crippen molar-refractivity contribution in [2.75, 3.05) is 11.9 Å². The van der Waals surface area contributed by atoms with Gasteiger partial charge in [-0.3, -0.25) is 4.79 Å². The molecule has 17 heavy (non-hydrogen) atoms. The van der Waals surface area contributed by atoms with Crippen LogP contribution in [0.15, 0.2) is 18.2 Å². The zero-order chi connectivity index (χ0) is 12.8. The number of amides is 1. The maximum absolute atomic E-state index is 11.3. The molecule has 0 aliphatic heterocycles. The van der Waals surface area contributed by atoms with E-state index in [1.807, 2.05) is 19.1 Å². The molecule has 0 bridgehead atoms. The van der Waals surface area contributed by atoms with Gasteiger partial charge in [-0.15, -0.1) is 0 Å². The predicted molar refractivity (Wildman–Crippen MR) is 71.1 cm³/mol. The van der Waals surface area contributed by atoms with E-state index in [2.05, 4.69) is 12.2 Å². The lowest BCUT2D eigenvalue weighted by Gasteiger charge is -2.19. The zero-order valence-corrected chi connectivity index (χ0v) is 10.5. The summed E-state index contributed by atoms with van der Waals surface area (Å²) in [4.78, 5) is 11.3. The van der Waals surface area contributed by atoms with Gasteiger partial charge in [0.1, 0.15) is 0 Å². The normalized spacial score (nSPS) is 12.2. The van der Waals surface area contributed by atoms with Gasteiger partial charge in [-0.05, 0) is 31.0 Å². The number of primary amides is 1. The Hall–Kier alpha value is -1.55. The van der Waals surface area contributed by atoms with Crippen molar-refractivity contribution in [1.29, 1.82) is 0 Å². The minimum absolute atomic E-state index is 0.180. The number of rotatable bonds is 6. The Morgan fingerprint density at radius 2 is 2.18 bits per heavy atom. The number of aryl methyl sites for hydroxylation is 1. The summed E-state index contributed by atoms with van der Waals surface area (Å²) in [6.45, 7) is 4.63. The Morgan fingerprint density at radius 3 is 2.71 bits per heavy atom. The second-order valence-electron chi connectivity index (χ2n) is 4.28. The van der Waals surface area contributed by atoms with Gasteiger partial charge in [0.15, 0.2) is 0 Å². The minimum Gasteiger partial charge on any atom is -0.380 e. The molecule has 1 aromatic rings. The molecule has 0 radical (unpaired) electrons. The van der Waals surface area contributed by atoms with Crippen molar-refractivity contribution < 1.29 is 4.79 Å². The van der Waals surface area contributed by atoms with Crippen LogP contribution in [0.3, 0.4) is 0 Å². The molecule has 0 saturated heterocycles. The van der Waals surface area contributed by atoms with Gasteiger partial charge in [0.05, 0.1) is 5.56 Å². The molecule has 1 unspecified atom stereocenters. The third-order valence-electron chi connectivity index (χ3n) is 2.72. The molecule has 1 atom stereocenters. The van der Waals surface area contributed by atoms with Crippen molar-refractivity contribution in [3.05, 3.63) is 29.3 Å². The van der Waals surface area contributed by atoms with Crippen LogP contribution in [0.1, 0.15) is 35.7 Å². The highest BCUT2D eigenvalue weighted by Crippen LogP contribution is 2.19. The standard InChI is InChI=1S/C13H21N3O/c1-3-4-10(8-14)16-12-7-9(2)5-6-11(12)13(15)17/h5-7,10,16H,3-4,8,14H2,1-2H3,(H2,15,17). The van der Waals surface area contributed by atoms with E-state index in [1.54, 1.807) is 6.07 Å². The summed E-state index contributed by atoms with van der Waals surface area (Å²) in [6, 6.07) is 5.74. The van der Waals surface area contributed by atoms with Crippen molar-refractivity contribution in [3.8, 4) is 0 Å². The van der Waals surface area contributed by atoms with Crippen molar-refractivity contribution >= 4 is 11.6 Å². The van der Waals surface area contributed by atoms with Crippen LogP contribution in [-0.4, -0.2) is 18.5 Å². The molecule has 0 saturated carbocycles. The third kappa shape index (κ3) is 3.75. The number of anilines is 1. The summed E-state index contributed by atoms with van der Waals surface area (Å²) in [5.74, 6) is -0.417. The summed E-state index contributed by atoms with van der Waals surface area (Å²) in [6.07, 6.45) is 2.02. The fourth-order valence-electron chi connectivity index (χ4n) is 1.81. The molecule has 1 aromatic carbocycles. The Kier molecular flexibility index (Phi) is 4.97. The molecule has 0 aliphatic carbocycles. The molecule has 0 spiro atoms. The molecule has 4 nitrogen and oxygen atoms in total. The molecule has 1 amide bonds. The van der Waals surface area contributed by atoms with Gasteiger partial charge in [-0.2, -0.15) is 0 Å². The van der Waals surface area contributed by atoms with Crippen LogP contribution < -0.4 is 16.8 Å². The predicted octanol–water partition coefficient (Wildman–Crippen LogP) is 1.63. The van der Waals surface area contributed by atoms with E-state index < -0.39 is 5.91 Å². The summed E-state index contributed by atoms with van der Waals surface area (Å²) in [7, 11) is 0. The number of carbonyl (C=O) groups excluding carboxylic acids is 1. The average Bonchev–Trinajstić information content (AvgIpc) is 2.28. The van der Waals surface area contributed by atoms with Crippen molar-refractivity contribution in [3.63, 3.8) is 0 Å². The van der Waals surface area contributed by atoms with Crippen LogP contribution in [0.2, 0.25) is 0 Å². The van der Waals surface area contributed by atoms with E-state index in [-0.39, 0.29) is 6.04 Å². The lowest BCUT2D eigenvalue weighted by molar-refractivity contribution is 0.100. The van der Waals surface area contributed by atoms with Crippen molar-refractivity contribution in [2.45, 2.75) is 32.7 Å². The minimum atomic E-state index is -0.417. The topological polar surface area (TPSA) is 81.1 Å². The molecule has 0 aliphatic rings. The van der Waals surface area contributed by atoms with Gasteiger partial charge >= 0.3 is 0 Å². The molecule has 4 heteroatoms. The monoisotopic (exact) mass is 235 g/mol. The van der Waals surface area contributed by atoms with Crippen LogP contribution in [0.25, 0.3) is 0 Å². The molecule has 0 aromatic heterocycles. The van der Waals surface area contributed by atoms with E-state index in [4.69, 9.17) is 11.5 Å². The van der Waals surface area contributed by atoms with Gasteiger partial charge in [-0.1, -0.05) is 19.4 Å². The lowest BCUT2D eigenvalue weighted by Crippen LogP contribution is -2.29. The van der Waals surface area contributed by atoms with E-state index in [0.717, 1.165) is 24.1 Å². The molecular formula is C13H21N3O. The van der Waals surface area contributed by atoms with Crippen molar-refractivity contribution in [2.24, 2.45) is 11.5 Å². The first-order valence-electron chi connectivity index (χ1n) is 5.95. The molecule has 1 rings (SSSR count). The highest BCUT2D eigenvalue weighted by molar-refractivity contribution is 5.98. The first-order chi connectivity index (χ1) is 8.08. The fraction of sp³-hybridized carbons (Fsp3) is 0.462. The summed E-state index contributed by atoms with van der Waals surface area (Å²) >= 11 is 0. The second-order valence-corrected chi connectivity index (χ2v) is 4.28. The largest absolute Gasteiger partial charge is 0.380 e. The van der Waals surface area contributed by atoms with Gasteiger partial charge < -0.3 is 16.8 Å². The van der Waals surface area contributed by atoms with Crippen LogP contribution >= 0.6 is 0 Å². The molecule has 0 heterocycles. The number of carbonyl (C=O) groups is 1. The fourth-order valence-corrected chi connectivity index (χ4v) is 1.81. The smallest absolute Gasteiger partial charge is 0.250 e. The van der Waals surface area contributed by atoms with E-state index >= 15 is 0 Å². The van der Waals surface area contributed by atoms with E-state index in [1.165, 1.54) is 0 Å². The molecule has 0 fully saturated rings. The van der Waals surface area contributed by atoms with Gasteiger partial charge in [0.25, 0.3) is 5.91 Å². The quantitative estimate of drug-likeness (QED) is 0.701. The summed E-state index contributed by atoms with van der Waals surface area (Å²) in [5.41, 5.74) is 13.4. The van der Waals surface area contributed by atoms with Gasteiger partial charge in [-0.25, -0.2) is 0 Å². The molecular weight excluding hydrogens is 214 g/mol. The van der Waals surface area contributed by atoms with E-state index in [0.29, 0.717) is 12.1 Å². The second kappa shape index (κ2) is 6.25. The Balaban J connectivity index is 2.94. The first-order valence-corrected chi connectivity index (χ1v) is 5.95. The van der Waals surface area contributed by atoms with Crippen molar-refractivity contribution in [1.82, 2.24) is 0 Å². The molecule has 5 N–H and O–H groups in total. The van der Waals surface area contributed by atoms with Gasteiger partial charge in [0.2, 0.25) is 0 Å². The number of hydrogen-bond donors (Lipinski definition) is 3. The van der Waals surface area contributed by atoms with Crippen LogP contribution in [0.4, 0.5) is 5.69 Å². The molecule has 94 valence electrons.